The van der Waals surface area contributed by atoms with Crippen molar-refractivity contribution in [3.05, 3.63) is 12.2 Å². The van der Waals surface area contributed by atoms with Crippen LogP contribution in [-0.4, -0.2) is 16.5 Å². The lowest BCUT2D eigenvalue weighted by Crippen LogP contribution is -2.19. The number of hydrogen-bond acceptors (Lipinski definition) is 1. The Hall–Kier alpha value is -0.640. The van der Waals surface area contributed by atoms with Gasteiger partial charge < -0.3 is 5.11 Å². The first-order chi connectivity index (χ1) is 8.86. The number of halogens is 3. The highest BCUT2D eigenvalue weighted by molar-refractivity contribution is 6.30. The van der Waals surface area contributed by atoms with Crippen molar-refractivity contribution in [3.8, 4) is 0 Å². The maximum absolute atomic E-state index is 11.0. The average Bonchev–Trinajstić information content (AvgIpc) is 2.32. The summed E-state index contributed by atoms with van der Waals surface area (Å²) in [6, 6.07) is 0. The van der Waals surface area contributed by atoms with E-state index in [2.05, 4.69) is 37.6 Å². The van der Waals surface area contributed by atoms with Crippen molar-refractivity contribution in [2.45, 2.75) is 70.6 Å². The van der Waals surface area contributed by atoms with E-state index in [4.69, 9.17) is 9.90 Å². The Morgan fingerprint density at radius 3 is 1.84 bits per heavy atom. The molecule has 0 fully saturated rings. The topological polar surface area (TPSA) is 37.3 Å². The maximum atomic E-state index is 11.0. The van der Waals surface area contributed by atoms with Crippen molar-refractivity contribution in [2.24, 2.45) is 0 Å². The first-order valence-electron chi connectivity index (χ1n) is 6.81. The molecule has 0 heterocycles. The third-order valence-electron chi connectivity index (χ3n) is 2.36. The van der Waals surface area contributed by atoms with E-state index in [0.717, 1.165) is 0 Å². The first-order valence-corrected chi connectivity index (χ1v) is 7.19. The lowest BCUT2D eigenvalue weighted by Gasteiger charge is -1.95. The van der Waals surface area contributed by atoms with Gasteiger partial charge in [0.15, 0.2) is 0 Å². The molecule has 0 radical (unpaired) electrons. The van der Waals surface area contributed by atoms with Gasteiger partial charge in [-0.15, -0.1) is 0 Å². The fourth-order valence-electron chi connectivity index (χ4n) is 1.25. The normalized spacial score (nSPS) is 11.2. The van der Waals surface area contributed by atoms with Crippen LogP contribution in [0, 0.1) is 0 Å². The Kier molecular flexibility index (Phi) is 15.0. The molecule has 0 unspecified atom stereocenters. The second-order valence-corrected chi connectivity index (χ2v) is 4.74. The molecule has 0 saturated carbocycles. The second kappa shape index (κ2) is 13.8. The number of carboxylic acid groups (broad SMARTS) is 1. The van der Waals surface area contributed by atoms with E-state index in [-0.39, 0.29) is 0 Å². The van der Waals surface area contributed by atoms with Gasteiger partial charge in [0.2, 0.25) is 0 Å². The van der Waals surface area contributed by atoms with E-state index in [9.17, 15) is 8.78 Å². The summed E-state index contributed by atoms with van der Waals surface area (Å²) >= 11 is 3.94. The Morgan fingerprint density at radius 2 is 1.47 bits per heavy atom. The van der Waals surface area contributed by atoms with Gasteiger partial charge in [-0.3, -0.25) is 0 Å². The summed E-state index contributed by atoms with van der Waals surface area (Å²) in [5.74, 6) is -2.32. The molecule has 2 nitrogen and oxygen atoms in total. The molecule has 0 rings (SSSR count). The number of alkyl halides is 3. The van der Waals surface area contributed by atoms with Crippen LogP contribution in [0.1, 0.15) is 65.2 Å². The first kappa shape index (κ1) is 20.7. The molecule has 0 amide bonds. The van der Waals surface area contributed by atoms with Crippen molar-refractivity contribution in [1.82, 2.24) is 0 Å². The quantitative estimate of drug-likeness (QED) is 0.341. The SMILES string of the molecule is CCCC/C=C\CCCCCC.O=C(O)C(F)(F)Cl. The molecule has 0 aliphatic rings. The number of unbranched alkanes of at least 4 members (excludes halogenated alkanes) is 6. The zero-order valence-electron chi connectivity index (χ0n) is 11.8. The third kappa shape index (κ3) is 19.9. The molecule has 0 aromatic carbocycles. The molecule has 0 aromatic rings. The van der Waals surface area contributed by atoms with Crippen LogP contribution < -0.4 is 0 Å². The molecular weight excluding hydrogens is 274 g/mol. The van der Waals surface area contributed by atoms with Crippen molar-refractivity contribution < 1.29 is 18.7 Å². The Morgan fingerprint density at radius 1 is 1.05 bits per heavy atom. The molecule has 5 heteroatoms. The van der Waals surface area contributed by atoms with E-state index in [1.807, 2.05) is 0 Å². The van der Waals surface area contributed by atoms with E-state index >= 15 is 0 Å². The predicted octanol–water partition coefficient (Wildman–Crippen LogP) is 5.61. The van der Waals surface area contributed by atoms with Crippen LogP contribution >= 0.6 is 11.6 Å². The molecule has 0 aromatic heterocycles. The van der Waals surface area contributed by atoms with E-state index in [0.29, 0.717) is 0 Å². The minimum Gasteiger partial charge on any atom is -0.476 e. The van der Waals surface area contributed by atoms with Gasteiger partial charge in [-0.25, -0.2) is 4.79 Å². The van der Waals surface area contributed by atoms with Crippen LogP contribution in [0.5, 0.6) is 0 Å². The zero-order chi connectivity index (χ0) is 15.1. The standard InChI is InChI=1S/C12H24.C2HClF2O2/c1-3-5-7-9-11-12-10-8-6-4-2;3-2(4,5)1(6)7/h9,11H,3-8,10,12H2,1-2H3;(H,6,7)/b11-9-;. The fourth-order valence-corrected chi connectivity index (χ4v) is 1.25. The van der Waals surface area contributed by atoms with Crippen LogP contribution in [-0.2, 0) is 4.79 Å². The summed E-state index contributed by atoms with van der Waals surface area (Å²) < 4.78 is 22.0. The molecule has 114 valence electrons. The van der Waals surface area contributed by atoms with Gasteiger partial charge in [0.25, 0.3) is 0 Å². The van der Waals surface area contributed by atoms with Gasteiger partial charge in [0.05, 0.1) is 0 Å². The van der Waals surface area contributed by atoms with Gasteiger partial charge in [-0.2, -0.15) is 8.78 Å². The van der Waals surface area contributed by atoms with Gasteiger partial charge in [-0.1, -0.05) is 58.1 Å². The number of hydrogen-bond donors (Lipinski definition) is 1. The van der Waals surface area contributed by atoms with Gasteiger partial charge in [0.1, 0.15) is 0 Å². The van der Waals surface area contributed by atoms with Crippen LogP contribution in [0.4, 0.5) is 8.78 Å². The van der Waals surface area contributed by atoms with Crippen LogP contribution in [0.3, 0.4) is 0 Å². The largest absolute Gasteiger partial charge is 0.476 e. The van der Waals surface area contributed by atoms with Crippen LogP contribution in [0.2, 0.25) is 0 Å². The number of aliphatic carboxylic acids is 1. The third-order valence-corrected chi connectivity index (χ3v) is 2.52. The van der Waals surface area contributed by atoms with Crippen LogP contribution in [0.25, 0.3) is 0 Å². The monoisotopic (exact) mass is 298 g/mol. The van der Waals surface area contributed by atoms with E-state index in [1.165, 1.54) is 51.4 Å². The number of rotatable bonds is 9. The molecule has 0 atom stereocenters. The molecular formula is C14H25ClF2O2. The zero-order valence-corrected chi connectivity index (χ0v) is 12.6. The van der Waals surface area contributed by atoms with E-state index < -0.39 is 11.4 Å². The lowest BCUT2D eigenvalue weighted by atomic mass is 10.1. The number of carbonyl (C=O) groups is 1. The van der Waals surface area contributed by atoms with Gasteiger partial charge in [-0.05, 0) is 30.9 Å². The summed E-state index contributed by atoms with van der Waals surface area (Å²) in [7, 11) is 0. The number of carboxylic acids is 1. The molecule has 19 heavy (non-hydrogen) atoms. The minimum absolute atomic E-state index is 1.28. The lowest BCUT2D eigenvalue weighted by molar-refractivity contribution is -0.153. The van der Waals surface area contributed by atoms with Crippen LogP contribution in [0.15, 0.2) is 12.2 Å². The summed E-state index contributed by atoms with van der Waals surface area (Å²) in [6.07, 6.45) is 15.5. The van der Waals surface area contributed by atoms with Crippen molar-refractivity contribution in [2.75, 3.05) is 0 Å². The summed E-state index contributed by atoms with van der Waals surface area (Å²) in [4.78, 5) is 9.14. The Balaban J connectivity index is 0. The molecule has 0 aliphatic carbocycles. The highest BCUT2D eigenvalue weighted by Crippen LogP contribution is 2.17. The Labute approximate surface area is 119 Å². The number of allylic oxidation sites excluding steroid dienone is 2. The Bertz CT molecular complexity index is 238. The second-order valence-electron chi connectivity index (χ2n) is 4.27. The summed E-state index contributed by atoms with van der Waals surface area (Å²) in [5, 5.41) is 3.26. The maximum Gasteiger partial charge on any atom is 0.417 e. The summed E-state index contributed by atoms with van der Waals surface area (Å²) in [5.41, 5.74) is 0. The molecule has 0 bridgehead atoms. The molecule has 0 spiro atoms. The molecule has 0 saturated heterocycles. The summed E-state index contributed by atoms with van der Waals surface area (Å²) in [6.45, 7) is 4.51. The highest BCUT2D eigenvalue weighted by Gasteiger charge is 2.35. The minimum atomic E-state index is -4.11. The highest BCUT2D eigenvalue weighted by atomic mass is 35.5. The molecule has 0 aliphatic heterocycles. The van der Waals surface area contributed by atoms with Crippen molar-refractivity contribution >= 4 is 17.6 Å². The average molecular weight is 299 g/mol. The van der Waals surface area contributed by atoms with Crippen molar-refractivity contribution in [1.29, 1.82) is 0 Å². The fraction of sp³-hybridized carbons (Fsp3) is 0.786. The molecule has 1 N–H and O–H groups in total. The predicted molar refractivity (Wildman–Crippen MR) is 75.9 cm³/mol. The van der Waals surface area contributed by atoms with E-state index in [1.54, 1.807) is 0 Å². The van der Waals surface area contributed by atoms with Gasteiger partial charge >= 0.3 is 11.4 Å². The van der Waals surface area contributed by atoms with Crippen molar-refractivity contribution in [3.63, 3.8) is 0 Å². The smallest absolute Gasteiger partial charge is 0.417 e. The van der Waals surface area contributed by atoms with Gasteiger partial charge in [0, 0.05) is 0 Å².